The lowest BCUT2D eigenvalue weighted by atomic mass is 10.2. The van der Waals surface area contributed by atoms with Crippen LogP contribution < -0.4 is 5.73 Å². The number of rotatable bonds is 0. The summed E-state index contributed by atoms with van der Waals surface area (Å²) in [6, 6.07) is 1.38. The van der Waals surface area contributed by atoms with Crippen LogP contribution in [0.5, 0.6) is 0 Å². The molecule has 0 radical (unpaired) electrons. The lowest BCUT2D eigenvalue weighted by Crippen LogP contribution is -1.94. The van der Waals surface area contributed by atoms with Crippen molar-refractivity contribution in [1.82, 2.24) is 0 Å². The first-order valence-electron chi connectivity index (χ1n) is 2.93. The fraction of sp³-hybridized carbons (Fsp3) is 0.143. The van der Waals surface area contributed by atoms with Gasteiger partial charge < -0.3 is 5.73 Å². The average Bonchev–Trinajstić information content (AvgIpc) is 1.97. The van der Waals surface area contributed by atoms with E-state index in [1.807, 2.05) is 0 Å². The maximum absolute atomic E-state index is 13.0. The number of hydrogen-bond acceptors (Lipinski definition) is 1. The molecule has 0 aromatic heterocycles. The first-order valence-corrected chi connectivity index (χ1v) is 4.10. The van der Waals surface area contributed by atoms with Crippen molar-refractivity contribution in [2.45, 2.75) is 6.92 Å². The van der Waals surface area contributed by atoms with Gasteiger partial charge in [0.25, 0.3) is 0 Å². The van der Waals surface area contributed by atoms with Gasteiger partial charge in [0.05, 0.1) is 10.7 Å². The number of halogens is 3. The molecule has 0 saturated carbocycles. The highest BCUT2D eigenvalue weighted by atomic mass is 79.9. The Hall–Kier alpha value is -0.280. The lowest BCUT2D eigenvalue weighted by Gasteiger charge is -2.04. The van der Waals surface area contributed by atoms with Gasteiger partial charge in [-0.15, -0.1) is 0 Å². The van der Waals surface area contributed by atoms with Gasteiger partial charge in [0.15, 0.2) is 0 Å². The first kappa shape index (κ1) is 8.81. The van der Waals surface area contributed by atoms with Crippen molar-refractivity contribution < 1.29 is 4.39 Å². The van der Waals surface area contributed by atoms with Gasteiger partial charge in [0.2, 0.25) is 0 Å². The summed E-state index contributed by atoms with van der Waals surface area (Å²) in [7, 11) is 0. The van der Waals surface area contributed by atoms with E-state index < -0.39 is 5.82 Å². The Morgan fingerprint density at radius 2 is 2.18 bits per heavy atom. The smallest absolute Gasteiger partial charge is 0.150 e. The molecule has 0 amide bonds. The number of nitrogen functional groups attached to an aromatic ring is 1. The molecule has 0 heterocycles. The molecule has 0 unspecified atom stereocenters. The van der Waals surface area contributed by atoms with Crippen molar-refractivity contribution in [2.75, 3.05) is 5.73 Å². The van der Waals surface area contributed by atoms with E-state index in [0.29, 0.717) is 15.1 Å². The van der Waals surface area contributed by atoms with Crippen LogP contribution in [0.4, 0.5) is 10.1 Å². The second-order valence-electron chi connectivity index (χ2n) is 2.20. The van der Waals surface area contributed by atoms with Gasteiger partial charge in [-0.25, -0.2) is 4.39 Å². The minimum Gasteiger partial charge on any atom is -0.396 e. The zero-order valence-electron chi connectivity index (χ0n) is 5.79. The predicted molar refractivity (Wildman–Crippen MR) is 48.3 cm³/mol. The summed E-state index contributed by atoms with van der Waals surface area (Å²) in [5, 5.41) is 0.432. The molecule has 0 aliphatic carbocycles. The highest BCUT2D eigenvalue weighted by Gasteiger charge is 2.09. The van der Waals surface area contributed by atoms with Crippen molar-refractivity contribution in [3.63, 3.8) is 0 Å². The molecule has 0 aliphatic rings. The molecule has 2 N–H and O–H groups in total. The van der Waals surface area contributed by atoms with E-state index in [2.05, 4.69) is 15.9 Å². The molecule has 1 rings (SSSR count). The van der Waals surface area contributed by atoms with Crippen molar-refractivity contribution in [3.8, 4) is 0 Å². The Labute approximate surface area is 77.5 Å². The molecule has 0 aliphatic heterocycles. The molecular weight excluding hydrogens is 232 g/mol. The third kappa shape index (κ3) is 1.49. The molecule has 0 saturated heterocycles. The van der Waals surface area contributed by atoms with Crippen LogP contribution in [0, 0.1) is 12.7 Å². The molecule has 0 fully saturated rings. The Morgan fingerprint density at radius 1 is 1.64 bits per heavy atom. The summed E-state index contributed by atoms with van der Waals surface area (Å²) in [5.41, 5.74) is 5.83. The maximum atomic E-state index is 13.0. The van der Waals surface area contributed by atoms with E-state index in [9.17, 15) is 4.39 Å². The summed E-state index contributed by atoms with van der Waals surface area (Å²) in [4.78, 5) is 0. The molecule has 60 valence electrons. The number of nitrogens with two attached hydrogens (primary N) is 1. The molecular formula is C7H6BrClFN. The van der Waals surface area contributed by atoms with E-state index in [1.165, 1.54) is 6.07 Å². The number of benzene rings is 1. The van der Waals surface area contributed by atoms with Crippen molar-refractivity contribution in [1.29, 1.82) is 0 Å². The van der Waals surface area contributed by atoms with Gasteiger partial charge in [-0.05, 0) is 28.9 Å². The minimum atomic E-state index is -0.415. The largest absolute Gasteiger partial charge is 0.396 e. The van der Waals surface area contributed by atoms with Gasteiger partial charge in [-0.2, -0.15) is 0 Å². The summed E-state index contributed by atoms with van der Waals surface area (Å²) >= 11 is 8.83. The normalized spacial score (nSPS) is 10.2. The Balaban J connectivity index is 3.46. The van der Waals surface area contributed by atoms with Crippen LogP contribution in [0.3, 0.4) is 0 Å². The van der Waals surface area contributed by atoms with Crippen molar-refractivity contribution in [3.05, 3.63) is 26.9 Å². The summed E-state index contributed by atoms with van der Waals surface area (Å²) in [6.07, 6.45) is 0. The first-order chi connectivity index (χ1) is 5.04. The third-order valence-corrected chi connectivity index (χ3v) is 2.95. The van der Waals surface area contributed by atoms with Gasteiger partial charge in [-0.3, -0.25) is 0 Å². The summed E-state index contributed by atoms with van der Waals surface area (Å²) in [6.45, 7) is 1.61. The highest BCUT2D eigenvalue weighted by Crippen LogP contribution is 2.31. The fourth-order valence-electron chi connectivity index (χ4n) is 0.755. The maximum Gasteiger partial charge on any atom is 0.150 e. The quantitative estimate of drug-likeness (QED) is 0.545. The monoisotopic (exact) mass is 237 g/mol. The molecule has 11 heavy (non-hydrogen) atoms. The number of anilines is 1. The van der Waals surface area contributed by atoms with Crippen LogP contribution in [-0.2, 0) is 0 Å². The SMILES string of the molecule is Cc1c(F)c(N)cc(Cl)c1Br. The van der Waals surface area contributed by atoms with E-state index in [1.54, 1.807) is 6.92 Å². The predicted octanol–water partition coefficient (Wildman–Crippen LogP) is 3.13. The Kier molecular flexibility index (Phi) is 2.40. The minimum absolute atomic E-state index is 0.0794. The Morgan fingerprint density at radius 3 is 2.73 bits per heavy atom. The topological polar surface area (TPSA) is 26.0 Å². The van der Waals surface area contributed by atoms with Gasteiger partial charge >= 0.3 is 0 Å². The Bertz CT molecular complexity index is 275. The third-order valence-electron chi connectivity index (χ3n) is 1.40. The molecule has 1 aromatic carbocycles. The van der Waals surface area contributed by atoms with Crippen molar-refractivity contribution >= 4 is 33.2 Å². The van der Waals surface area contributed by atoms with Crippen LogP contribution in [-0.4, -0.2) is 0 Å². The van der Waals surface area contributed by atoms with Gasteiger partial charge in [-0.1, -0.05) is 11.6 Å². The zero-order valence-corrected chi connectivity index (χ0v) is 8.13. The summed E-state index contributed by atoms with van der Waals surface area (Å²) < 4.78 is 13.5. The molecule has 1 nitrogen and oxygen atoms in total. The molecule has 4 heteroatoms. The van der Waals surface area contributed by atoms with Crippen LogP contribution in [0.2, 0.25) is 5.02 Å². The van der Waals surface area contributed by atoms with E-state index in [4.69, 9.17) is 17.3 Å². The zero-order chi connectivity index (χ0) is 8.59. The standard InChI is InChI=1S/C7H6BrClFN/c1-3-6(8)4(9)2-5(11)7(3)10/h2H,11H2,1H3. The molecule has 0 atom stereocenters. The molecule has 0 spiro atoms. The van der Waals surface area contributed by atoms with Gasteiger partial charge in [0.1, 0.15) is 5.82 Å². The number of hydrogen-bond donors (Lipinski definition) is 1. The second-order valence-corrected chi connectivity index (χ2v) is 3.40. The average molecular weight is 238 g/mol. The second kappa shape index (κ2) is 2.99. The highest BCUT2D eigenvalue weighted by molar-refractivity contribution is 9.10. The van der Waals surface area contributed by atoms with Crippen LogP contribution in [0.1, 0.15) is 5.56 Å². The van der Waals surface area contributed by atoms with Crippen LogP contribution in [0.15, 0.2) is 10.5 Å². The van der Waals surface area contributed by atoms with E-state index >= 15 is 0 Å². The van der Waals surface area contributed by atoms with Crippen LogP contribution in [0.25, 0.3) is 0 Å². The summed E-state index contributed by atoms with van der Waals surface area (Å²) in [5.74, 6) is -0.415. The lowest BCUT2D eigenvalue weighted by molar-refractivity contribution is 0.622. The molecule has 1 aromatic rings. The van der Waals surface area contributed by atoms with Gasteiger partial charge in [0, 0.05) is 10.0 Å². The fourth-order valence-corrected chi connectivity index (χ4v) is 1.30. The van der Waals surface area contributed by atoms with E-state index in [-0.39, 0.29) is 5.69 Å². The van der Waals surface area contributed by atoms with Crippen molar-refractivity contribution in [2.24, 2.45) is 0 Å². The van der Waals surface area contributed by atoms with Crippen LogP contribution >= 0.6 is 27.5 Å². The molecule has 0 bridgehead atoms. The van der Waals surface area contributed by atoms with E-state index in [0.717, 1.165) is 0 Å².